The van der Waals surface area contributed by atoms with Crippen molar-refractivity contribution >= 4 is 21.6 Å². The maximum Gasteiger partial charge on any atom is 0.436 e. The Kier molecular flexibility index (Phi) is 5.00. The van der Waals surface area contributed by atoms with Crippen LogP contribution < -0.4 is 0 Å². The Morgan fingerprint density at radius 3 is 2.52 bits per heavy atom. The highest BCUT2D eigenvalue weighted by Crippen LogP contribution is 2.35. The molecule has 2 aromatic heterocycles. The predicted molar refractivity (Wildman–Crippen MR) is 89.8 cm³/mol. The second-order valence-electron chi connectivity index (χ2n) is 5.53. The fourth-order valence-corrected chi connectivity index (χ4v) is 2.84. The van der Waals surface area contributed by atoms with Crippen LogP contribution in [0.1, 0.15) is 17.3 Å². The first-order valence-electron chi connectivity index (χ1n) is 7.54. The Balaban J connectivity index is 1.73. The maximum atomic E-state index is 12.9. The molecule has 0 unspecified atom stereocenters. The minimum Gasteiger partial charge on any atom is -0.339 e. The van der Waals surface area contributed by atoms with Crippen molar-refractivity contribution in [3.63, 3.8) is 0 Å². The molecule has 8 nitrogen and oxygen atoms in total. The van der Waals surface area contributed by atoms with Crippen LogP contribution in [0.4, 0.5) is 18.9 Å². The normalized spacial score (nSPS) is 11.7. The summed E-state index contributed by atoms with van der Waals surface area (Å²) in [6.07, 6.45) is -4.38. The standard InChI is InChI=1S/C15H11BrF3N5O3/c1-8-12(16)13(15(17,18)19)21-23(8)7-6-11-20-14(22-27-11)9-2-4-10(5-3-9)24(25)26/h2-5H,6-7H2,1H3. The van der Waals surface area contributed by atoms with Gasteiger partial charge in [0.2, 0.25) is 11.7 Å². The molecule has 0 radical (unpaired) electrons. The quantitative estimate of drug-likeness (QED) is 0.431. The second-order valence-corrected chi connectivity index (χ2v) is 6.33. The first-order chi connectivity index (χ1) is 12.7. The first-order valence-corrected chi connectivity index (χ1v) is 8.33. The Hall–Kier alpha value is -2.76. The Labute approximate surface area is 158 Å². The van der Waals surface area contributed by atoms with Gasteiger partial charge in [0.1, 0.15) is 0 Å². The minimum atomic E-state index is -4.55. The van der Waals surface area contributed by atoms with E-state index < -0.39 is 16.8 Å². The highest BCUT2D eigenvalue weighted by atomic mass is 79.9. The van der Waals surface area contributed by atoms with Gasteiger partial charge in [0.25, 0.3) is 5.69 Å². The third kappa shape index (κ3) is 3.99. The molecule has 1 aromatic carbocycles. The third-order valence-corrected chi connectivity index (χ3v) is 4.69. The molecule has 0 aliphatic rings. The van der Waals surface area contributed by atoms with E-state index in [9.17, 15) is 23.3 Å². The molecule has 142 valence electrons. The van der Waals surface area contributed by atoms with Crippen molar-refractivity contribution < 1.29 is 22.6 Å². The summed E-state index contributed by atoms with van der Waals surface area (Å²) in [6.45, 7) is 1.63. The molecule has 0 N–H and O–H groups in total. The topological polar surface area (TPSA) is 99.9 Å². The molecule has 0 amide bonds. The second kappa shape index (κ2) is 7.10. The van der Waals surface area contributed by atoms with E-state index in [4.69, 9.17) is 4.52 Å². The predicted octanol–water partition coefficient (Wildman–Crippen LogP) is 4.17. The van der Waals surface area contributed by atoms with Gasteiger partial charge in [0.15, 0.2) is 5.69 Å². The van der Waals surface area contributed by atoms with Crippen LogP contribution in [0.2, 0.25) is 0 Å². The number of nitro benzene ring substituents is 1. The maximum absolute atomic E-state index is 12.9. The third-order valence-electron chi connectivity index (χ3n) is 3.74. The summed E-state index contributed by atoms with van der Waals surface area (Å²) in [6, 6.07) is 5.59. The number of nitro groups is 1. The Bertz CT molecular complexity index is 982. The molecule has 12 heteroatoms. The van der Waals surface area contributed by atoms with Crippen LogP contribution in [-0.2, 0) is 19.1 Å². The molecule has 3 rings (SSSR count). The molecule has 0 aliphatic carbocycles. The minimum absolute atomic E-state index is 0.0670. The van der Waals surface area contributed by atoms with Crippen LogP contribution in [0.15, 0.2) is 33.3 Å². The first kappa shape index (κ1) is 19.0. The van der Waals surface area contributed by atoms with E-state index in [0.717, 1.165) is 0 Å². The van der Waals surface area contributed by atoms with Crippen molar-refractivity contribution in [3.8, 4) is 11.4 Å². The van der Waals surface area contributed by atoms with Gasteiger partial charge < -0.3 is 4.52 Å². The van der Waals surface area contributed by atoms with Crippen molar-refractivity contribution in [1.29, 1.82) is 0 Å². The molecule has 0 bridgehead atoms. The number of hydrogen-bond donors (Lipinski definition) is 0. The smallest absolute Gasteiger partial charge is 0.339 e. The SMILES string of the molecule is Cc1c(Br)c(C(F)(F)F)nn1CCc1nc(-c2ccc([N+](=O)[O-])cc2)no1. The lowest BCUT2D eigenvalue weighted by Crippen LogP contribution is -2.10. The average Bonchev–Trinajstić information content (AvgIpc) is 3.19. The molecule has 0 fully saturated rings. The molecule has 3 aromatic rings. The van der Waals surface area contributed by atoms with Crippen LogP contribution in [0.3, 0.4) is 0 Å². The largest absolute Gasteiger partial charge is 0.436 e. The number of halogens is 4. The summed E-state index contributed by atoms with van der Waals surface area (Å²) in [7, 11) is 0. The van der Waals surface area contributed by atoms with Crippen LogP contribution in [0.5, 0.6) is 0 Å². The number of alkyl halides is 3. The van der Waals surface area contributed by atoms with Gasteiger partial charge in [0.05, 0.1) is 21.6 Å². The summed E-state index contributed by atoms with van der Waals surface area (Å²) >= 11 is 2.91. The fraction of sp³-hybridized carbons (Fsp3) is 0.267. The number of rotatable bonds is 5. The number of benzene rings is 1. The summed E-state index contributed by atoms with van der Waals surface area (Å²) in [5.41, 5.74) is -0.204. The fourth-order valence-electron chi connectivity index (χ4n) is 2.33. The van der Waals surface area contributed by atoms with Crippen LogP contribution in [-0.4, -0.2) is 24.8 Å². The highest BCUT2D eigenvalue weighted by molar-refractivity contribution is 9.10. The van der Waals surface area contributed by atoms with Crippen LogP contribution in [0, 0.1) is 17.0 Å². The van der Waals surface area contributed by atoms with Crippen molar-refractivity contribution in [1.82, 2.24) is 19.9 Å². The van der Waals surface area contributed by atoms with E-state index in [2.05, 4.69) is 31.2 Å². The van der Waals surface area contributed by atoms with Gasteiger partial charge in [-0.1, -0.05) is 5.16 Å². The van der Waals surface area contributed by atoms with Gasteiger partial charge in [-0.25, -0.2) is 0 Å². The molecule has 0 saturated carbocycles. The van der Waals surface area contributed by atoms with Gasteiger partial charge in [-0.05, 0) is 35.0 Å². The van der Waals surface area contributed by atoms with Gasteiger partial charge in [-0.2, -0.15) is 23.3 Å². The van der Waals surface area contributed by atoms with Crippen molar-refractivity contribution in [2.45, 2.75) is 26.1 Å². The van der Waals surface area contributed by atoms with Crippen molar-refractivity contribution in [2.24, 2.45) is 0 Å². The number of non-ortho nitro benzene ring substituents is 1. The number of aryl methyl sites for hydroxylation is 2. The van der Waals surface area contributed by atoms with Gasteiger partial charge >= 0.3 is 6.18 Å². The molecule has 2 heterocycles. The number of aromatic nitrogens is 4. The molecule has 0 atom stereocenters. The van der Waals surface area contributed by atoms with E-state index in [-0.39, 0.29) is 34.8 Å². The summed E-state index contributed by atoms with van der Waals surface area (Å²) in [4.78, 5) is 14.3. The average molecular weight is 446 g/mol. The van der Waals surface area contributed by atoms with Gasteiger partial charge in [-0.15, -0.1) is 0 Å². The van der Waals surface area contributed by atoms with Gasteiger partial charge in [-0.3, -0.25) is 14.8 Å². The zero-order chi connectivity index (χ0) is 19.8. The summed E-state index contributed by atoms with van der Waals surface area (Å²) < 4.78 is 44.9. The lowest BCUT2D eigenvalue weighted by Gasteiger charge is -2.02. The van der Waals surface area contributed by atoms with Crippen molar-refractivity contribution in [2.75, 3.05) is 0 Å². The lowest BCUT2D eigenvalue weighted by molar-refractivity contribution is -0.384. The van der Waals surface area contributed by atoms with Crippen LogP contribution >= 0.6 is 15.9 Å². The van der Waals surface area contributed by atoms with Crippen LogP contribution in [0.25, 0.3) is 11.4 Å². The molecule has 0 spiro atoms. The van der Waals surface area contributed by atoms with Gasteiger partial charge in [0, 0.05) is 24.1 Å². The monoisotopic (exact) mass is 445 g/mol. The molecule has 0 saturated heterocycles. The summed E-state index contributed by atoms with van der Waals surface area (Å²) in [5, 5.41) is 18.0. The Morgan fingerprint density at radius 2 is 1.96 bits per heavy atom. The number of hydrogen-bond acceptors (Lipinski definition) is 6. The zero-order valence-electron chi connectivity index (χ0n) is 13.7. The molecule has 0 aliphatic heterocycles. The van der Waals surface area contributed by atoms with E-state index in [1.54, 1.807) is 0 Å². The lowest BCUT2D eigenvalue weighted by atomic mass is 10.2. The number of nitrogens with zero attached hydrogens (tertiary/aromatic N) is 5. The van der Waals surface area contributed by atoms with E-state index in [1.807, 2.05) is 0 Å². The highest BCUT2D eigenvalue weighted by Gasteiger charge is 2.37. The summed E-state index contributed by atoms with van der Waals surface area (Å²) in [5.74, 6) is 0.442. The molecular weight excluding hydrogens is 435 g/mol. The zero-order valence-corrected chi connectivity index (χ0v) is 15.3. The molecule has 27 heavy (non-hydrogen) atoms. The Morgan fingerprint density at radius 1 is 1.30 bits per heavy atom. The van der Waals surface area contributed by atoms with E-state index in [1.165, 1.54) is 35.9 Å². The van der Waals surface area contributed by atoms with Crippen molar-refractivity contribution in [3.05, 3.63) is 56.1 Å². The van der Waals surface area contributed by atoms with E-state index in [0.29, 0.717) is 11.3 Å². The molecular formula is C15H11BrF3N5O3. The van der Waals surface area contributed by atoms with E-state index >= 15 is 0 Å².